The van der Waals surface area contributed by atoms with Crippen molar-refractivity contribution in [3.63, 3.8) is 0 Å². The van der Waals surface area contributed by atoms with Gasteiger partial charge in [-0.25, -0.2) is 4.98 Å². The first-order valence-electron chi connectivity index (χ1n) is 6.93. The van der Waals surface area contributed by atoms with Crippen LogP contribution in [0.25, 0.3) is 0 Å². The van der Waals surface area contributed by atoms with Gasteiger partial charge in [0.25, 0.3) is 0 Å². The Bertz CT molecular complexity index is 375. The van der Waals surface area contributed by atoms with Crippen molar-refractivity contribution >= 4 is 17.7 Å². The molecule has 0 aliphatic rings. The van der Waals surface area contributed by atoms with E-state index in [9.17, 15) is 0 Å². The Kier molecular flexibility index (Phi) is 6.20. The summed E-state index contributed by atoms with van der Waals surface area (Å²) in [5.41, 5.74) is 1.23. The lowest BCUT2D eigenvalue weighted by Gasteiger charge is -2.30. The summed E-state index contributed by atoms with van der Waals surface area (Å²) in [6.07, 6.45) is 6.57. The third kappa shape index (κ3) is 3.89. The Morgan fingerprint density at radius 3 is 2.42 bits per heavy atom. The Balaban J connectivity index is 2.58. The average Bonchev–Trinajstić information content (AvgIpc) is 2.77. The molecule has 0 spiro atoms. The van der Waals surface area contributed by atoms with Gasteiger partial charge in [-0.3, -0.25) is 0 Å². The van der Waals surface area contributed by atoms with E-state index in [1.165, 1.54) is 18.5 Å². The molecule has 0 radical (unpaired) electrons. The number of imidazole rings is 1. The average molecular weight is 284 g/mol. The molecule has 0 saturated carbocycles. The minimum absolute atomic E-state index is 0.364. The van der Waals surface area contributed by atoms with Crippen LogP contribution in [0.1, 0.15) is 32.4 Å². The van der Waals surface area contributed by atoms with Crippen molar-refractivity contribution in [2.45, 2.75) is 38.0 Å². The maximum absolute atomic E-state index is 4.43. The zero-order valence-corrected chi connectivity index (χ0v) is 14.0. The molecule has 110 valence electrons. The van der Waals surface area contributed by atoms with Crippen LogP contribution in [0.15, 0.2) is 6.20 Å². The van der Waals surface area contributed by atoms with Crippen molar-refractivity contribution in [3.05, 3.63) is 11.9 Å². The van der Waals surface area contributed by atoms with E-state index in [0.29, 0.717) is 4.75 Å². The van der Waals surface area contributed by atoms with Crippen LogP contribution in [0.2, 0.25) is 0 Å². The number of thioether (sulfide) groups is 1. The zero-order chi connectivity index (χ0) is 14.5. The lowest BCUT2D eigenvalue weighted by molar-refractivity contribution is 0.490. The molecule has 0 unspecified atom stereocenters. The first kappa shape index (κ1) is 16.4. The van der Waals surface area contributed by atoms with Crippen LogP contribution in [0, 0.1) is 0 Å². The number of rotatable bonds is 8. The molecule has 1 N–H and O–H groups in total. The highest BCUT2D eigenvalue weighted by Crippen LogP contribution is 2.29. The highest BCUT2D eigenvalue weighted by molar-refractivity contribution is 8.00. The predicted octanol–water partition coefficient (Wildman–Crippen LogP) is 2.50. The Morgan fingerprint density at radius 2 is 2.00 bits per heavy atom. The van der Waals surface area contributed by atoms with Gasteiger partial charge in [-0.05, 0) is 19.1 Å². The van der Waals surface area contributed by atoms with E-state index in [-0.39, 0.29) is 0 Å². The third-order valence-corrected chi connectivity index (χ3v) is 5.52. The fourth-order valence-electron chi connectivity index (χ4n) is 2.29. The second kappa shape index (κ2) is 7.20. The normalized spacial score (nSPS) is 11.9. The molecule has 1 aromatic heterocycles. The standard InChI is InChI=1S/C14H28N4S/c1-7-14(8-2,19-6)11-15-9-12-10-16-13(17(3)4)18(12)5/h10,15H,7-9,11H2,1-6H3. The van der Waals surface area contributed by atoms with E-state index < -0.39 is 0 Å². The van der Waals surface area contributed by atoms with Crippen molar-refractivity contribution in [3.8, 4) is 0 Å². The number of aromatic nitrogens is 2. The van der Waals surface area contributed by atoms with Gasteiger partial charge in [0.2, 0.25) is 5.95 Å². The summed E-state index contributed by atoms with van der Waals surface area (Å²) in [5.74, 6) is 0.999. The van der Waals surface area contributed by atoms with Gasteiger partial charge in [0.1, 0.15) is 0 Å². The molecule has 0 fully saturated rings. The summed E-state index contributed by atoms with van der Waals surface area (Å²) >= 11 is 1.97. The largest absolute Gasteiger partial charge is 0.348 e. The highest BCUT2D eigenvalue weighted by Gasteiger charge is 2.24. The topological polar surface area (TPSA) is 33.1 Å². The minimum Gasteiger partial charge on any atom is -0.348 e. The van der Waals surface area contributed by atoms with Crippen LogP contribution < -0.4 is 10.2 Å². The molecule has 0 amide bonds. The summed E-state index contributed by atoms with van der Waals surface area (Å²) in [7, 11) is 6.11. The maximum Gasteiger partial charge on any atom is 0.204 e. The summed E-state index contributed by atoms with van der Waals surface area (Å²) in [6, 6.07) is 0. The quantitative estimate of drug-likeness (QED) is 0.795. The highest BCUT2D eigenvalue weighted by atomic mass is 32.2. The fourth-order valence-corrected chi connectivity index (χ4v) is 3.12. The maximum atomic E-state index is 4.43. The molecule has 1 heterocycles. The van der Waals surface area contributed by atoms with Crippen LogP contribution >= 0.6 is 11.8 Å². The Morgan fingerprint density at radius 1 is 1.37 bits per heavy atom. The Hall–Kier alpha value is -0.680. The van der Waals surface area contributed by atoms with Crippen LogP contribution in [0.5, 0.6) is 0 Å². The van der Waals surface area contributed by atoms with Crippen LogP contribution in [0.3, 0.4) is 0 Å². The van der Waals surface area contributed by atoms with Crippen molar-refractivity contribution < 1.29 is 0 Å². The Labute approximate surface area is 122 Å². The summed E-state index contributed by atoms with van der Waals surface area (Å²) in [6.45, 7) is 6.47. The molecule has 0 aromatic carbocycles. The van der Waals surface area contributed by atoms with Crippen LogP contribution in [-0.4, -0.2) is 41.2 Å². The second-order valence-corrected chi connectivity index (χ2v) is 6.48. The number of anilines is 1. The minimum atomic E-state index is 0.364. The van der Waals surface area contributed by atoms with E-state index in [1.807, 2.05) is 37.0 Å². The SMILES string of the molecule is CCC(CC)(CNCc1cnc(N(C)C)n1C)SC. The lowest BCUT2D eigenvalue weighted by atomic mass is 10.0. The molecule has 1 aromatic rings. The van der Waals surface area contributed by atoms with E-state index >= 15 is 0 Å². The smallest absolute Gasteiger partial charge is 0.204 e. The van der Waals surface area contributed by atoms with E-state index in [0.717, 1.165) is 19.0 Å². The molecule has 0 aliphatic carbocycles. The summed E-state index contributed by atoms with van der Waals surface area (Å²) in [5, 5.41) is 3.59. The van der Waals surface area contributed by atoms with Crippen molar-refractivity contribution in [1.29, 1.82) is 0 Å². The number of hydrogen-bond donors (Lipinski definition) is 1. The van der Waals surface area contributed by atoms with Crippen molar-refractivity contribution in [2.75, 3.05) is 31.8 Å². The molecule has 0 saturated heterocycles. The van der Waals surface area contributed by atoms with Gasteiger partial charge in [0, 0.05) is 39.0 Å². The van der Waals surface area contributed by atoms with Gasteiger partial charge in [0.15, 0.2) is 0 Å². The van der Waals surface area contributed by atoms with E-state index in [1.54, 1.807) is 0 Å². The number of nitrogens with zero attached hydrogens (tertiary/aromatic N) is 3. The molecule has 0 atom stereocenters. The zero-order valence-electron chi connectivity index (χ0n) is 13.2. The molecule has 0 bridgehead atoms. The molecule has 4 nitrogen and oxygen atoms in total. The van der Waals surface area contributed by atoms with Crippen molar-refractivity contribution in [2.24, 2.45) is 7.05 Å². The van der Waals surface area contributed by atoms with E-state index in [2.05, 4.69) is 42.0 Å². The molecular formula is C14H28N4S. The molecule has 0 aliphatic heterocycles. The number of hydrogen-bond acceptors (Lipinski definition) is 4. The first-order valence-corrected chi connectivity index (χ1v) is 8.16. The van der Waals surface area contributed by atoms with Crippen LogP contribution in [-0.2, 0) is 13.6 Å². The van der Waals surface area contributed by atoms with Gasteiger partial charge in [-0.15, -0.1) is 0 Å². The van der Waals surface area contributed by atoms with Gasteiger partial charge in [0.05, 0.1) is 11.9 Å². The molecule has 1 rings (SSSR count). The lowest BCUT2D eigenvalue weighted by Crippen LogP contribution is -2.36. The van der Waals surface area contributed by atoms with Gasteiger partial charge >= 0.3 is 0 Å². The monoisotopic (exact) mass is 284 g/mol. The van der Waals surface area contributed by atoms with E-state index in [4.69, 9.17) is 0 Å². The van der Waals surface area contributed by atoms with Crippen LogP contribution in [0.4, 0.5) is 5.95 Å². The first-order chi connectivity index (χ1) is 8.99. The summed E-state index contributed by atoms with van der Waals surface area (Å²) < 4.78 is 2.51. The molecule has 19 heavy (non-hydrogen) atoms. The fraction of sp³-hybridized carbons (Fsp3) is 0.786. The summed E-state index contributed by atoms with van der Waals surface area (Å²) in [4.78, 5) is 6.47. The van der Waals surface area contributed by atoms with Gasteiger partial charge in [-0.2, -0.15) is 11.8 Å². The third-order valence-electron chi connectivity index (χ3n) is 3.93. The number of nitrogens with one attached hydrogen (secondary N) is 1. The molecule has 5 heteroatoms. The predicted molar refractivity (Wildman–Crippen MR) is 86.1 cm³/mol. The van der Waals surface area contributed by atoms with Crippen molar-refractivity contribution in [1.82, 2.24) is 14.9 Å². The van der Waals surface area contributed by atoms with Gasteiger partial charge < -0.3 is 14.8 Å². The van der Waals surface area contributed by atoms with Gasteiger partial charge in [-0.1, -0.05) is 13.8 Å². The second-order valence-electron chi connectivity index (χ2n) is 5.20. The molecular weight excluding hydrogens is 256 g/mol.